The first kappa shape index (κ1) is 16.2. The molecule has 0 amide bonds. The second kappa shape index (κ2) is 6.90. The molecule has 26 heavy (non-hydrogen) atoms. The van der Waals surface area contributed by atoms with Gasteiger partial charge in [-0.15, -0.1) is 0 Å². The van der Waals surface area contributed by atoms with Gasteiger partial charge in [-0.25, -0.2) is 4.79 Å². The predicted molar refractivity (Wildman–Crippen MR) is 96.8 cm³/mol. The van der Waals surface area contributed by atoms with Crippen LogP contribution in [-0.4, -0.2) is 5.11 Å². The van der Waals surface area contributed by atoms with Crippen LogP contribution in [0.4, 0.5) is 0 Å². The van der Waals surface area contributed by atoms with E-state index in [-0.39, 0.29) is 11.8 Å². The number of furan rings is 1. The van der Waals surface area contributed by atoms with E-state index in [9.17, 15) is 9.90 Å². The summed E-state index contributed by atoms with van der Waals surface area (Å²) in [4.78, 5) is 11.9. The van der Waals surface area contributed by atoms with Gasteiger partial charge in [-0.3, -0.25) is 0 Å². The van der Waals surface area contributed by atoms with Gasteiger partial charge in [0.2, 0.25) is 0 Å². The van der Waals surface area contributed by atoms with E-state index in [1.807, 2.05) is 30.3 Å². The molecule has 0 aliphatic carbocycles. The van der Waals surface area contributed by atoms with Crippen LogP contribution >= 0.6 is 0 Å². The van der Waals surface area contributed by atoms with E-state index in [2.05, 4.69) is 17.4 Å². The minimum atomic E-state index is -0.430. The van der Waals surface area contributed by atoms with Crippen LogP contribution in [0.2, 0.25) is 0 Å². The summed E-state index contributed by atoms with van der Waals surface area (Å²) in [5, 5.41) is 12.6. The molecule has 0 bridgehead atoms. The quantitative estimate of drug-likeness (QED) is 0.544. The maximum atomic E-state index is 11.9. The first-order valence-electron chi connectivity index (χ1n) is 8.38. The van der Waals surface area contributed by atoms with Gasteiger partial charge >= 0.3 is 5.63 Å². The van der Waals surface area contributed by atoms with E-state index in [0.717, 1.165) is 22.3 Å². The third kappa shape index (κ3) is 3.25. The third-order valence-corrected chi connectivity index (χ3v) is 4.40. The second-order valence-corrected chi connectivity index (χ2v) is 6.11. The minimum Gasteiger partial charge on any atom is -0.508 e. The molecule has 0 unspecified atom stereocenters. The lowest BCUT2D eigenvalue weighted by atomic mass is 10.0. The first-order valence-corrected chi connectivity index (χ1v) is 8.38. The maximum absolute atomic E-state index is 11.9. The Hall–Kier alpha value is -3.31. The Morgan fingerprint density at radius 3 is 2.62 bits per heavy atom. The average molecular weight is 348 g/mol. The Balaban J connectivity index is 1.68. The molecule has 5 heteroatoms. The van der Waals surface area contributed by atoms with Gasteiger partial charge in [0, 0.05) is 28.6 Å². The Kier molecular flexibility index (Phi) is 4.29. The van der Waals surface area contributed by atoms with E-state index >= 15 is 0 Å². The van der Waals surface area contributed by atoms with Crippen molar-refractivity contribution in [1.29, 1.82) is 0 Å². The molecule has 0 aliphatic rings. The number of fused-ring (bicyclic) bond motifs is 1. The second-order valence-electron chi connectivity index (χ2n) is 6.11. The SMILES string of the molecule is O=c1cc(C[NH2+][C@H](c2ccccc2)c2ccco2)c2ccc(O)cc2o1. The smallest absolute Gasteiger partial charge is 0.336 e. The highest BCUT2D eigenvalue weighted by molar-refractivity contribution is 5.81. The van der Waals surface area contributed by atoms with E-state index < -0.39 is 5.63 Å². The van der Waals surface area contributed by atoms with Crippen LogP contribution in [0.3, 0.4) is 0 Å². The lowest BCUT2D eigenvalue weighted by Crippen LogP contribution is -2.83. The van der Waals surface area contributed by atoms with Crippen LogP contribution in [0.1, 0.15) is 22.9 Å². The number of nitrogens with two attached hydrogens (primary N) is 1. The van der Waals surface area contributed by atoms with Gasteiger partial charge in [-0.1, -0.05) is 30.3 Å². The van der Waals surface area contributed by atoms with Crippen molar-refractivity contribution < 1.29 is 19.3 Å². The lowest BCUT2D eigenvalue weighted by molar-refractivity contribution is -0.704. The molecule has 2 aromatic carbocycles. The molecular formula is C21H18NO4+. The number of benzene rings is 2. The van der Waals surface area contributed by atoms with Crippen LogP contribution in [0.15, 0.2) is 86.6 Å². The van der Waals surface area contributed by atoms with E-state index in [4.69, 9.17) is 8.83 Å². The lowest BCUT2D eigenvalue weighted by Gasteiger charge is -2.14. The highest BCUT2D eigenvalue weighted by Gasteiger charge is 2.21. The number of hydrogen-bond acceptors (Lipinski definition) is 4. The summed E-state index contributed by atoms with van der Waals surface area (Å²) >= 11 is 0. The molecule has 0 aliphatic heterocycles. The zero-order valence-electron chi connectivity index (χ0n) is 14.0. The Labute approximate surface area is 149 Å². The summed E-state index contributed by atoms with van der Waals surface area (Å²) < 4.78 is 10.8. The number of aromatic hydroxyl groups is 1. The summed E-state index contributed by atoms with van der Waals surface area (Å²) in [6, 6.07) is 20.2. The molecule has 0 radical (unpaired) electrons. The van der Waals surface area contributed by atoms with E-state index in [0.29, 0.717) is 12.1 Å². The Morgan fingerprint density at radius 2 is 1.85 bits per heavy atom. The third-order valence-electron chi connectivity index (χ3n) is 4.40. The highest BCUT2D eigenvalue weighted by Crippen LogP contribution is 2.22. The van der Waals surface area contributed by atoms with Gasteiger partial charge in [0.15, 0.2) is 11.8 Å². The highest BCUT2D eigenvalue weighted by atomic mass is 16.4. The van der Waals surface area contributed by atoms with Crippen molar-refractivity contribution in [3.05, 3.63) is 100 Å². The number of phenols is 1. The van der Waals surface area contributed by atoms with Gasteiger partial charge in [-0.2, -0.15) is 0 Å². The molecule has 1 atom stereocenters. The largest absolute Gasteiger partial charge is 0.508 e. The van der Waals surface area contributed by atoms with Gasteiger partial charge in [-0.05, 0) is 24.3 Å². The minimum absolute atomic E-state index is 0.0226. The van der Waals surface area contributed by atoms with Crippen LogP contribution in [0.5, 0.6) is 5.75 Å². The summed E-state index contributed by atoms with van der Waals surface area (Å²) in [5.74, 6) is 0.917. The summed E-state index contributed by atoms with van der Waals surface area (Å²) in [6.45, 7) is 0.563. The normalized spacial score (nSPS) is 12.3. The molecule has 3 N–H and O–H groups in total. The maximum Gasteiger partial charge on any atom is 0.336 e. The molecule has 0 fully saturated rings. The van der Waals surface area contributed by atoms with Gasteiger partial charge in [0.25, 0.3) is 0 Å². The molecule has 4 rings (SSSR count). The van der Waals surface area contributed by atoms with Crippen molar-refractivity contribution in [2.75, 3.05) is 0 Å². The van der Waals surface area contributed by atoms with Gasteiger partial charge in [0.05, 0.1) is 6.26 Å². The Bertz CT molecular complexity index is 1070. The van der Waals surface area contributed by atoms with Crippen molar-refractivity contribution in [1.82, 2.24) is 0 Å². The van der Waals surface area contributed by atoms with Crippen molar-refractivity contribution in [2.45, 2.75) is 12.6 Å². The number of hydrogen-bond donors (Lipinski definition) is 2. The summed E-state index contributed by atoms with van der Waals surface area (Å²) in [7, 11) is 0. The topological polar surface area (TPSA) is 80.2 Å². The molecule has 130 valence electrons. The summed E-state index contributed by atoms with van der Waals surface area (Å²) in [6.07, 6.45) is 1.66. The van der Waals surface area contributed by atoms with Crippen LogP contribution < -0.4 is 10.9 Å². The molecule has 2 aromatic heterocycles. The number of phenolic OH excluding ortho intramolecular Hbond substituents is 1. The van der Waals surface area contributed by atoms with E-state index in [1.165, 1.54) is 12.1 Å². The Morgan fingerprint density at radius 1 is 1.00 bits per heavy atom. The zero-order chi connectivity index (χ0) is 17.9. The standard InChI is InChI=1S/C21H17NO4/c23-16-8-9-17-15(11-20(24)26-19(17)12-16)13-22-21(18-7-4-10-25-18)14-5-2-1-3-6-14/h1-12,21-23H,13H2/p+1/t21-/m1/s1. The van der Waals surface area contributed by atoms with Crippen molar-refractivity contribution in [3.8, 4) is 5.75 Å². The fourth-order valence-corrected chi connectivity index (χ4v) is 3.18. The van der Waals surface area contributed by atoms with E-state index in [1.54, 1.807) is 18.4 Å². The number of quaternary nitrogens is 1. The molecule has 0 spiro atoms. The molecule has 4 aromatic rings. The average Bonchev–Trinajstić information content (AvgIpc) is 3.16. The first-order chi connectivity index (χ1) is 12.7. The van der Waals surface area contributed by atoms with Crippen molar-refractivity contribution in [3.63, 3.8) is 0 Å². The molecular weight excluding hydrogens is 330 g/mol. The van der Waals surface area contributed by atoms with Gasteiger partial charge in [0.1, 0.15) is 17.9 Å². The predicted octanol–water partition coefficient (Wildman–Crippen LogP) is 2.94. The van der Waals surface area contributed by atoms with Crippen LogP contribution in [-0.2, 0) is 6.54 Å². The van der Waals surface area contributed by atoms with Gasteiger partial charge < -0.3 is 19.3 Å². The molecule has 0 saturated carbocycles. The monoisotopic (exact) mass is 348 g/mol. The van der Waals surface area contributed by atoms with Crippen LogP contribution in [0, 0.1) is 0 Å². The number of rotatable bonds is 5. The fraction of sp³-hybridized carbons (Fsp3) is 0.0952. The zero-order valence-corrected chi connectivity index (χ0v) is 14.0. The molecule has 0 saturated heterocycles. The molecule has 5 nitrogen and oxygen atoms in total. The fourth-order valence-electron chi connectivity index (χ4n) is 3.18. The molecule has 2 heterocycles. The van der Waals surface area contributed by atoms with Crippen molar-refractivity contribution in [2.24, 2.45) is 0 Å². The van der Waals surface area contributed by atoms with Crippen LogP contribution in [0.25, 0.3) is 11.0 Å². The van der Waals surface area contributed by atoms with Crippen molar-refractivity contribution >= 4 is 11.0 Å². The summed E-state index contributed by atoms with van der Waals surface area (Å²) in [5.41, 5.74) is 1.92.